The SMILES string of the molecule is COCCCP(=S)(CCCOC)P(=S)(CCCOC)CCCOC. The molecule has 0 aliphatic heterocycles. The maximum Gasteiger partial charge on any atom is 0.0466 e. The summed E-state index contributed by atoms with van der Waals surface area (Å²) in [6, 6.07) is 0. The molecule has 0 aliphatic carbocycles. The van der Waals surface area contributed by atoms with Crippen LogP contribution in [0.25, 0.3) is 0 Å². The molecule has 0 amide bonds. The van der Waals surface area contributed by atoms with E-state index in [2.05, 4.69) is 0 Å². The van der Waals surface area contributed by atoms with Crippen LogP contribution in [0.3, 0.4) is 0 Å². The van der Waals surface area contributed by atoms with E-state index < -0.39 is 11.5 Å². The van der Waals surface area contributed by atoms with E-state index in [4.69, 9.17) is 42.6 Å². The van der Waals surface area contributed by atoms with E-state index in [1.165, 1.54) is 0 Å². The summed E-state index contributed by atoms with van der Waals surface area (Å²) in [6.45, 7) is 3.09. The molecule has 0 aromatic carbocycles. The average Bonchev–Trinajstić information content (AvgIpc) is 2.56. The van der Waals surface area contributed by atoms with Gasteiger partial charge in [0.25, 0.3) is 0 Å². The molecule has 0 atom stereocenters. The Morgan fingerprint density at radius 1 is 0.500 bits per heavy atom. The van der Waals surface area contributed by atoms with Gasteiger partial charge in [-0.3, -0.25) is 0 Å². The van der Waals surface area contributed by atoms with Gasteiger partial charge in [-0.25, -0.2) is 0 Å². The van der Waals surface area contributed by atoms with Crippen molar-refractivity contribution in [1.29, 1.82) is 0 Å². The molecule has 0 spiro atoms. The Labute approximate surface area is 159 Å². The Balaban J connectivity index is 5.16. The van der Waals surface area contributed by atoms with Crippen LogP contribution in [0.2, 0.25) is 0 Å². The normalized spacial score (nSPS) is 12.7. The van der Waals surface area contributed by atoms with Crippen LogP contribution in [0, 0.1) is 0 Å². The van der Waals surface area contributed by atoms with E-state index in [1.54, 1.807) is 28.4 Å². The molecule has 0 fully saturated rings. The molecule has 0 aromatic heterocycles. The van der Waals surface area contributed by atoms with Gasteiger partial charge < -0.3 is 18.9 Å². The number of rotatable bonds is 17. The first-order valence-corrected chi connectivity index (χ1v) is 15.7. The highest BCUT2D eigenvalue weighted by molar-refractivity contribution is 8.66. The molecule has 0 unspecified atom stereocenters. The van der Waals surface area contributed by atoms with E-state index >= 15 is 0 Å². The van der Waals surface area contributed by atoms with Gasteiger partial charge in [-0.05, 0) is 61.8 Å². The predicted molar refractivity (Wildman–Crippen MR) is 114 cm³/mol. The third-order valence-electron chi connectivity index (χ3n) is 4.09. The quantitative estimate of drug-likeness (QED) is 0.262. The summed E-state index contributed by atoms with van der Waals surface area (Å²) in [5.74, 6) is 0. The van der Waals surface area contributed by atoms with Gasteiger partial charge in [0, 0.05) is 54.9 Å². The van der Waals surface area contributed by atoms with Crippen LogP contribution in [0.15, 0.2) is 0 Å². The molecule has 8 heteroatoms. The Morgan fingerprint density at radius 2 is 0.708 bits per heavy atom. The minimum Gasteiger partial charge on any atom is -0.385 e. The van der Waals surface area contributed by atoms with Crippen molar-refractivity contribution in [3.63, 3.8) is 0 Å². The molecule has 0 aromatic rings. The van der Waals surface area contributed by atoms with Crippen molar-refractivity contribution in [2.45, 2.75) is 25.7 Å². The molecule has 0 saturated heterocycles. The maximum absolute atomic E-state index is 6.33. The topological polar surface area (TPSA) is 36.9 Å². The van der Waals surface area contributed by atoms with E-state index in [-0.39, 0.29) is 0 Å². The second-order valence-corrected chi connectivity index (χ2v) is 21.6. The number of methoxy groups -OCH3 is 4. The van der Waals surface area contributed by atoms with Gasteiger partial charge in [0.1, 0.15) is 0 Å². The Hall–Kier alpha value is 1.14. The minimum atomic E-state index is -1.59. The summed E-state index contributed by atoms with van der Waals surface area (Å²) in [6.07, 6.45) is 8.35. The van der Waals surface area contributed by atoms with Crippen molar-refractivity contribution >= 4 is 35.1 Å². The molecule has 0 heterocycles. The van der Waals surface area contributed by atoms with Gasteiger partial charge in [-0.15, -0.1) is 0 Å². The minimum absolute atomic E-state index is 0.772. The summed E-state index contributed by atoms with van der Waals surface area (Å²) in [5, 5.41) is 0. The molecule has 24 heavy (non-hydrogen) atoms. The first kappa shape index (κ1) is 25.1. The van der Waals surface area contributed by atoms with Gasteiger partial charge in [0.05, 0.1) is 0 Å². The lowest BCUT2D eigenvalue weighted by Gasteiger charge is -2.36. The third kappa shape index (κ3) is 9.73. The van der Waals surface area contributed by atoms with E-state index in [0.717, 1.165) is 76.8 Å². The smallest absolute Gasteiger partial charge is 0.0466 e. The van der Waals surface area contributed by atoms with E-state index in [9.17, 15) is 0 Å². The van der Waals surface area contributed by atoms with Crippen molar-refractivity contribution < 1.29 is 18.9 Å². The summed E-state index contributed by atoms with van der Waals surface area (Å²) in [5.41, 5.74) is -3.19. The largest absolute Gasteiger partial charge is 0.385 e. The summed E-state index contributed by atoms with van der Waals surface area (Å²) in [7, 11) is 7.01. The fourth-order valence-corrected chi connectivity index (χ4v) is 17.7. The predicted octanol–water partition coefficient (Wildman–Crippen LogP) is 4.01. The fraction of sp³-hybridized carbons (Fsp3) is 1.00. The number of hydrogen-bond donors (Lipinski definition) is 0. The molecule has 0 aliphatic rings. The zero-order valence-electron chi connectivity index (χ0n) is 15.8. The van der Waals surface area contributed by atoms with E-state index in [1.807, 2.05) is 0 Å². The maximum atomic E-state index is 6.33. The molecular weight excluding hydrogens is 382 g/mol. The van der Waals surface area contributed by atoms with Crippen LogP contribution in [0.5, 0.6) is 0 Å². The Kier molecular flexibility index (Phi) is 15.9. The standard InChI is InChI=1S/C16H36O4P2S2/c1-17-9-5-13-21(23,14-6-10-18-2)22(24,15-7-11-19-3)16-8-12-20-4/h5-16H2,1-4H3. The highest BCUT2D eigenvalue weighted by Crippen LogP contribution is 2.82. The van der Waals surface area contributed by atoms with Crippen molar-refractivity contribution in [2.75, 3.05) is 79.5 Å². The van der Waals surface area contributed by atoms with Crippen molar-refractivity contribution in [2.24, 2.45) is 0 Å². The fourth-order valence-electron chi connectivity index (χ4n) is 2.78. The zero-order valence-corrected chi connectivity index (χ0v) is 19.3. The van der Waals surface area contributed by atoms with Crippen LogP contribution < -0.4 is 0 Å². The van der Waals surface area contributed by atoms with Gasteiger partial charge in [-0.1, -0.05) is 23.6 Å². The second-order valence-electron chi connectivity index (χ2n) is 5.97. The first-order chi connectivity index (χ1) is 11.5. The molecule has 0 N–H and O–H groups in total. The third-order valence-corrected chi connectivity index (χ3v) is 24.6. The second kappa shape index (κ2) is 15.2. The molecule has 0 radical (unpaired) electrons. The lowest BCUT2D eigenvalue weighted by Crippen LogP contribution is -2.09. The molecular formula is C16H36O4P2S2. The highest BCUT2D eigenvalue weighted by atomic mass is 32.8. The van der Waals surface area contributed by atoms with E-state index in [0.29, 0.717) is 0 Å². The van der Waals surface area contributed by atoms with Crippen LogP contribution >= 0.6 is 11.5 Å². The van der Waals surface area contributed by atoms with Crippen LogP contribution in [0.4, 0.5) is 0 Å². The Morgan fingerprint density at radius 3 is 0.875 bits per heavy atom. The van der Waals surface area contributed by atoms with Gasteiger partial charge >= 0.3 is 0 Å². The van der Waals surface area contributed by atoms with Crippen LogP contribution in [-0.4, -0.2) is 79.5 Å². The summed E-state index contributed by atoms with van der Waals surface area (Å²) < 4.78 is 21.0. The van der Waals surface area contributed by atoms with Gasteiger partial charge in [0.2, 0.25) is 0 Å². The lowest BCUT2D eigenvalue weighted by molar-refractivity contribution is 0.198. The first-order valence-electron chi connectivity index (χ1n) is 8.62. The molecule has 0 bridgehead atoms. The van der Waals surface area contributed by atoms with Crippen LogP contribution in [0.1, 0.15) is 25.7 Å². The summed E-state index contributed by atoms with van der Waals surface area (Å²) in [4.78, 5) is 0. The average molecular weight is 419 g/mol. The van der Waals surface area contributed by atoms with Crippen molar-refractivity contribution in [3.05, 3.63) is 0 Å². The van der Waals surface area contributed by atoms with Crippen molar-refractivity contribution in [3.8, 4) is 0 Å². The number of ether oxygens (including phenoxy) is 4. The van der Waals surface area contributed by atoms with Crippen LogP contribution in [-0.2, 0) is 42.6 Å². The number of hydrogen-bond acceptors (Lipinski definition) is 6. The zero-order chi connectivity index (χ0) is 18.3. The Bertz CT molecular complexity index is 330. The molecule has 0 saturated carbocycles. The van der Waals surface area contributed by atoms with Crippen molar-refractivity contribution in [1.82, 2.24) is 0 Å². The highest BCUT2D eigenvalue weighted by Gasteiger charge is 2.33. The lowest BCUT2D eigenvalue weighted by atomic mass is 10.5. The molecule has 146 valence electrons. The summed E-state index contributed by atoms with van der Waals surface area (Å²) >= 11 is 12.7. The van der Waals surface area contributed by atoms with Gasteiger partial charge in [-0.2, -0.15) is 0 Å². The van der Waals surface area contributed by atoms with Gasteiger partial charge in [0.15, 0.2) is 0 Å². The molecule has 4 nitrogen and oxygen atoms in total. The molecule has 0 rings (SSSR count). The monoisotopic (exact) mass is 418 g/mol.